The van der Waals surface area contributed by atoms with Crippen LogP contribution in [0.5, 0.6) is 0 Å². The van der Waals surface area contributed by atoms with Crippen molar-refractivity contribution in [2.75, 3.05) is 11.4 Å². The third-order valence-electron chi connectivity index (χ3n) is 4.26. The van der Waals surface area contributed by atoms with Gasteiger partial charge in [-0.2, -0.15) is 5.10 Å². The van der Waals surface area contributed by atoms with E-state index in [0.717, 1.165) is 11.3 Å². The number of carbonyl (C=O) groups is 1. The zero-order valence-electron chi connectivity index (χ0n) is 15.2. The van der Waals surface area contributed by atoms with Crippen molar-refractivity contribution < 1.29 is 4.79 Å². The van der Waals surface area contributed by atoms with Crippen molar-refractivity contribution in [3.8, 4) is 11.3 Å². The molecule has 5 heteroatoms. The lowest BCUT2D eigenvalue weighted by Crippen LogP contribution is -2.40. The van der Waals surface area contributed by atoms with Crippen LogP contribution in [0.3, 0.4) is 0 Å². The first kappa shape index (κ1) is 18.3. The number of aromatic nitrogens is 2. The van der Waals surface area contributed by atoms with Crippen molar-refractivity contribution in [2.45, 2.75) is 13.0 Å². The molecule has 0 saturated carbocycles. The van der Waals surface area contributed by atoms with Crippen molar-refractivity contribution in [1.29, 1.82) is 0 Å². The van der Waals surface area contributed by atoms with E-state index in [9.17, 15) is 9.59 Å². The average Bonchev–Trinajstić information content (AvgIpc) is 2.72. The lowest BCUT2D eigenvalue weighted by atomic mass is 10.1. The molecule has 2 aromatic carbocycles. The molecule has 0 unspecified atom stereocenters. The first-order chi connectivity index (χ1) is 13.1. The summed E-state index contributed by atoms with van der Waals surface area (Å²) >= 11 is 0. The largest absolute Gasteiger partial charge is 0.307 e. The van der Waals surface area contributed by atoms with E-state index >= 15 is 0 Å². The van der Waals surface area contributed by atoms with E-state index < -0.39 is 6.04 Å². The van der Waals surface area contributed by atoms with E-state index in [-0.39, 0.29) is 11.5 Å². The summed E-state index contributed by atoms with van der Waals surface area (Å²) in [5.41, 5.74) is 1.96. The molecule has 0 aliphatic rings. The van der Waals surface area contributed by atoms with Gasteiger partial charge in [-0.25, -0.2) is 4.68 Å². The van der Waals surface area contributed by atoms with E-state index in [1.807, 2.05) is 60.7 Å². The predicted molar refractivity (Wildman–Crippen MR) is 108 cm³/mol. The quantitative estimate of drug-likeness (QED) is 0.631. The summed E-state index contributed by atoms with van der Waals surface area (Å²) in [6, 6.07) is 21.2. The maximum absolute atomic E-state index is 13.1. The van der Waals surface area contributed by atoms with Gasteiger partial charge in [-0.15, -0.1) is 6.58 Å². The van der Waals surface area contributed by atoms with Gasteiger partial charge in [0.05, 0.1) is 5.69 Å². The first-order valence-electron chi connectivity index (χ1n) is 8.74. The summed E-state index contributed by atoms with van der Waals surface area (Å²) in [5.74, 6) is -0.221. The Morgan fingerprint density at radius 2 is 1.70 bits per heavy atom. The molecule has 0 saturated heterocycles. The molecule has 1 amide bonds. The number of hydrogen-bond donors (Lipinski definition) is 0. The third kappa shape index (κ3) is 4.03. The fourth-order valence-electron chi connectivity index (χ4n) is 2.86. The van der Waals surface area contributed by atoms with Crippen LogP contribution in [-0.2, 0) is 4.79 Å². The average molecular weight is 359 g/mol. The molecule has 0 N–H and O–H groups in total. The fourth-order valence-corrected chi connectivity index (χ4v) is 2.86. The normalized spacial score (nSPS) is 11.6. The molecule has 0 radical (unpaired) electrons. The Balaban J connectivity index is 1.96. The van der Waals surface area contributed by atoms with Crippen molar-refractivity contribution in [2.24, 2.45) is 0 Å². The predicted octanol–water partition coefficient (Wildman–Crippen LogP) is 3.69. The molecule has 3 rings (SSSR count). The summed E-state index contributed by atoms with van der Waals surface area (Å²) in [6.45, 7) is 5.77. The van der Waals surface area contributed by atoms with E-state index in [2.05, 4.69) is 11.7 Å². The second-order valence-corrected chi connectivity index (χ2v) is 6.12. The minimum atomic E-state index is -0.749. The van der Waals surface area contributed by atoms with Crippen molar-refractivity contribution >= 4 is 11.6 Å². The molecule has 1 aromatic heterocycles. The van der Waals surface area contributed by atoms with Crippen LogP contribution in [0, 0.1) is 0 Å². The highest BCUT2D eigenvalue weighted by Gasteiger charge is 2.24. The number of anilines is 1. The van der Waals surface area contributed by atoms with Gasteiger partial charge in [-0.3, -0.25) is 9.59 Å². The van der Waals surface area contributed by atoms with Crippen LogP contribution >= 0.6 is 0 Å². The van der Waals surface area contributed by atoms with Crippen LogP contribution in [0.15, 0.2) is 90.2 Å². The minimum Gasteiger partial charge on any atom is -0.307 e. The SMILES string of the molecule is C=CCN(C(=O)[C@@H](C)n1nc(-c2ccccc2)ccc1=O)c1ccccc1. The molecule has 136 valence electrons. The molecular weight excluding hydrogens is 338 g/mol. The van der Waals surface area contributed by atoms with Crippen molar-refractivity contribution in [3.05, 3.63) is 95.8 Å². The monoisotopic (exact) mass is 359 g/mol. The molecule has 0 aliphatic carbocycles. The van der Waals surface area contributed by atoms with E-state index in [0.29, 0.717) is 12.2 Å². The standard InChI is InChI=1S/C22H21N3O2/c1-3-16-24(19-12-8-5-9-13-19)22(27)17(2)25-21(26)15-14-20(23-25)18-10-6-4-7-11-18/h3-15,17H,1,16H2,2H3/t17-/m1/s1. The molecule has 5 nitrogen and oxygen atoms in total. The van der Waals surface area contributed by atoms with Crippen LogP contribution < -0.4 is 10.5 Å². The van der Waals surface area contributed by atoms with Crippen LogP contribution in [0.1, 0.15) is 13.0 Å². The summed E-state index contributed by atoms with van der Waals surface area (Å²) in [7, 11) is 0. The van der Waals surface area contributed by atoms with Gasteiger partial charge in [0.2, 0.25) is 0 Å². The van der Waals surface area contributed by atoms with Gasteiger partial charge >= 0.3 is 0 Å². The molecule has 0 spiro atoms. The topological polar surface area (TPSA) is 55.2 Å². The maximum atomic E-state index is 13.1. The first-order valence-corrected chi connectivity index (χ1v) is 8.74. The van der Waals surface area contributed by atoms with E-state index in [1.165, 1.54) is 10.7 Å². The second kappa shape index (κ2) is 8.27. The van der Waals surface area contributed by atoms with Gasteiger partial charge in [-0.1, -0.05) is 54.6 Å². The summed E-state index contributed by atoms with van der Waals surface area (Å²) in [5, 5.41) is 4.43. The lowest BCUT2D eigenvalue weighted by molar-refractivity contribution is -0.121. The highest BCUT2D eigenvalue weighted by molar-refractivity contribution is 5.96. The van der Waals surface area contributed by atoms with Crippen molar-refractivity contribution in [1.82, 2.24) is 9.78 Å². The Kier molecular flexibility index (Phi) is 5.61. The minimum absolute atomic E-state index is 0.221. The van der Waals surface area contributed by atoms with Gasteiger partial charge in [0.1, 0.15) is 6.04 Å². The highest BCUT2D eigenvalue weighted by atomic mass is 16.2. The number of para-hydroxylation sites is 1. The molecule has 1 heterocycles. The molecule has 3 aromatic rings. The van der Waals surface area contributed by atoms with E-state index in [1.54, 1.807) is 24.0 Å². The zero-order valence-corrected chi connectivity index (χ0v) is 15.2. The van der Waals surface area contributed by atoms with Gasteiger partial charge in [0.15, 0.2) is 0 Å². The van der Waals surface area contributed by atoms with E-state index in [4.69, 9.17) is 0 Å². The Labute approximate surface area is 158 Å². The molecular formula is C22H21N3O2. The molecule has 1 atom stereocenters. The summed E-state index contributed by atoms with van der Waals surface area (Å²) in [6.07, 6.45) is 1.66. The van der Waals surface area contributed by atoms with Gasteiger partial charge in [0, 0.05) is 23.9 Å². The number of nitrogens with zero attached hydrogens (tertiary/aromatic N) is 3. The van der Waals surface area contributed by atoms with Gasteiger partial charge in [0.25, 0.3) is 11.5 Å². The van der Waals surface area contributed by atoms with Crippen LogP contribution in [-0.4, -0.2) is 22.2 Å². The van der Waals surface area contributed by atoms with Crippen LogP contribution in [0.2, 0.25) is 0 Å². The van der Waals surface area contributed by atoms with Crippen LogP contribution in [0.4, 0.5) is 5.69 Å². The summed E-state index contributed by atoms with van der Waals surface area (Å²) in [4.78, 5) is 27.1. The van der Waals surface area contributed by atoms with Crippen LogP contribution in [0.25, 0.3) is 11.3 Å². The molecule has 0 bridgehead atoms. The Morgan fingerprint density at radius 1 is 1.07 bits per heavy atom. The van der Waals surface area contributed by atoms with Crippen molar-refractivity contribution in [3.63, 3.8) is 0 Å². The molecule has 0 aliphatic heterocycles. The Morgan fingerprint density at radius 3 is 2.33 bits per heavy atom. The summed E-state index contributed by atoms with van der Waals surface area (Å²) < 4.78 is 1.24. The molecule has 0 fully saturated rings. The number of carbonyl (C=O) groups excluding carboxylic acids is 1. The fraction of sp³-hybridized carbons (Fsp3) is 0.136. The van der Waals surface area contributed by atoms with Gasteiger partial charge in [-0.05, 0) is 25.1 Å². The number of hydrogen-bond acceptors (Lipinski definition) is 3. The number of benzene rings is 2. The zero-order chi connectivity index (χ0) is 19.2. The molecule has 27 heavy (non-hydrogen) atoms. The Bertz CT molecular complexity index is 981. The lowest BCUT2D eigenvalue weighted by Gasteiger charge is -2.25. The smallest absolute Gasteiger partial charge is 0.267 e. The maximum Gasteiger partial charge on any atom is 0.267 e. The number of rotatable bonds is 6. The third-order valence-corrected chi connectivity index (χ3v) is 4.26. The van der Waals surface area contributed by atoms with Gasteiger partial charge < -0.3 is 4.90 Å². The second-order valence-electron chi connectivity index (χ2n) is 6.12. The number of amides is 1. The Hall–Kier alpha value is -3.47. The highest BCUT2D eigenvalue weighted by Crippen LogP contribution is 2.19.